The van der Waals surface area contributed by atoms with Crippen molar-refractivity contribution in [2.75, 3.05) is 0 Å². The molecule has 0 aliphatic heterocycles. The van der Waals surface area contributed by atoms with Crippen LogP contribution in [0.1, 0.15) is 0 Å². The van der Waals surface area contributed by atoms with Crippen LogP contribution in [0.4, 0.5) is 0 Å². The molecular formula is H8Cl4O8S2Ti. The normalized spacial score (nSPS) is 7.73. The Kier molecular flexibility index (Phi) is 52.6. The van der Waals surface area contributed by atoms with Gasteiger partial charge in [-0.3, -0.25) is 18.2 Å². The smallest absolute Gasteiger partial charge is 0.264 e. The van der Waals surface area contributed by atoms with E-state index >= 15 is 0 Å². The summed E-state index contributed by atoms with van der Waals surface area (Å²) in [5.74, 6) is 0. The fourth-order valence-corrected chi connectivity index (χ4v) is 0. The van der Waals surface area contributed by atoms with Gasteiger partial charge in [0.2, 0.25) is 0 Å². The number of hydrogen-bond donors (Lipinski definition) is 4. The van der Waals surface area contributed by atoms with Crippen LogP contribution in [-0.4, -0.2) is 35.0 Å². The van der Waals surface area contributed by atoms with E-state index in [2.05, 4.69) is 0 Å². The second-order valence-corrected chi connectivity index (χ2v) is 2.69. The van der Waals surface area contributed by atoms with Gasteiger partial charge in [-0.05, 0) is 0 Å². The Bertz CT molecular complexity index is 221. The van der Waals surface area contributed by atoms with Gasteiger partial charge in [-0.25, -0.2) is 0 Å². The van der Waals surface area contributed by atoms with Crippen molar-refractivity contribution in [2.45, 2.75) is 0 Å². The first-order valence-corrected chi connectivity index (χ1v) is 4.19. The van der Waals surface area contributed by atoms with Crippen molar-refractivity contribution in [3.63, 3.8) is 0 Å². The summed E-state index contributed by atoms with van der Waals surface area (Å²) in [6.07, 6.45) is 0. The van der Waals surface area contributed by atoms with E-state index in [1.165, 1.54) is 0 Å². The molecule has 0 atom stereocenters. The maximum atomic E-state index is 8.74. The van der Waals surface area contributed by atoms with E-state index in [0.29, 0.717) is 0 Å². The zero-order valence-electron chi connectivity index (χ0n) is 6.37. The molecule has 0 saturated heterocycles. The second kappa shape index (κ2) is 18.0. The molecule has 0 heterocycles. The maximum Gasteiger partial charge on any atom is 0.394 e. The van der Waals surface area contributed by atoms with Gasteiger partial charge in [0.15, 0.2) is 0 Å². The Hall–Kier alpha value is 1.61. The minimum Gasteiger partial charge on any atom is -0.264 e. The summed E-state index contributed by atoms with van der Waals surface area (Å²) in [6, 6.07) is 0. The maximum absolute atomic E-state index is 8.74. The van der Waals surface area contributed by atoms with E-state index < -0.39 is 20.8 Å². The summed E-state index contributed by atoms with van der Waals surface area (Å²) >= 11 is 0. The molecule has 0 radical (unpaired) electrons. The summed E-state index contributed by atoms with van der Waals surface area (Å²) in [7, 11) is -9.33. The zero-order chi connectivity index (χ0) is 9.00. The summed E-state index contributed by atoms with van der Waals surface area (Å²) < 4.78 is 63.2. The van der Waals surface area contributed by atoms with Crippen molar-refractivity contribution in [3.05, 3.63) is 0 Å². The second-order valence-electron chi connectivity index (χ2n) is 0.896. The van der Waals surface area contributed by atoms with E-state index in [1.54, 1.807) is 0 Å². The van der Waals surface area contributed by atoms with Crippen LogP contribution in [0.5, 0.6) is 0 Å². The van der Waals surface area contributed by atoms with Crippen molar-refractivity contribution in [1.29, 1.82) is 0 Å². The quantitative estimate of drug-likeness (QED) is 0.343. The molecule has 15 heavy (non-hydrogen) atoms. The molecular weight excluding hydrogens is 382 g/mol. The van der Waals surface area contributed by atoms with Gasteiger partial charge < -0.3 is 0 Å². The molecule has 8 nitrogen and oxygen atoms in total. The third kappa shape index (κ3) is 1110. The molecule has 0 bridgehead atoms. The largest absolute Gasteiger partial charge is 0.394 e. The Morgan fingerprint density at radius 2 is 0.533 bits per heavy atom. The molecule has 0 aliphatic carbocycles. The summed E-state index contributed by atoms with van der Waals surface area (Å²) in [6.45, 7) is 0. The zero-order valence-corrected chi connectivity index (χ0v) is 12.8. The molecule has 0 aromatic rings. The van der Waals surface area contributed by atoms with Gasteiger partial charge in [-0.15, -0.1) is 49.6 Å². The van der Waals surface area contributed by atoms with E-state index in [9.17, 15) is 0 Å². The molecule has 0 aromatic carbocycles. The first-order chi connectivity index (χ1) is 4.00. The van der Waals surface area contributed by atoms with E-state index in [1.807, 2.05) is 0 Å². The molecule has 0 rings (SSSR count). The monoisotopic (exact) mass is 388 g/mol. The Morgan fingerprint density at radius 3 is 0.533 bits per heavy atom. The number of halogens is 4. The van der Waals surface area contributed by atoms with Crippen molar-refractivity contribution < 1.29 is 56.8 Å². The van der Waals surface area contributed by atoms with Crippen LogP contribution < -0.4 is 0 Å². The van der Waals surface area contributed by atoms with Gasteiger partial charge in [-0.2, -0.15) is 16.8 Å². The minimum atomic E-state index is -4.67. The van der Waals surface area contributed by atoms with E-state index in [0.717, 1.165) is 0 Å². The first-order valence-electron chi connectivity index (χ1n) is 1.40. The van der Waals surface area contributed by atoms with Gasteiger partial charge in [0, 0.05) is 21.7 Å². The van der Waals surface area contributed by atoms with Crippen LogP contribution in [0.25, 0.3) is 0 Å². The van der Waals surface area contributed by atoms with Crippen molar-refractivity contribution in [2.24, 2.45) is 0 Å². The van der Waals surface area contributed by atoms with Gasteiger partial charge in [0.1, 0.15) is 0 Å². The summed E-state index contributed by atoms with van der Waals surface area (Å²) in [5, 5.41) is 0. The van der Waals surface area contributed by atoms with Crippen LogP contribution in [-0.2, 0) is 42.5 Å². The minimum absolute atomic E-state index is 0. The van der Waals surface area contributed by atoms with E-state index in [4.69, 9.17) is 35.0 Å². The fraction of sp³-hybridized carbons (Fsp3) is 0. The summed E-state index contributed by atoms with van der Waals surface area (Å²) in [5.41, 5.74) is 0. The van der Waals surface area contributed by atoms with Crippen LogP contribution in [0.15, 0.2) is 0 Å². The molecule has 0 unspecified atom stereocenters. The molecule has 0 amide bonds. The van der Waals surface area contributed by atoms with Crippen LogP contribution in [0.3, 0.4) is 0 Å². The van der Waals surface area contributed by atoms with Crippen LogP contribution in [0, 0.1) is 0 Å². The molecule has 0 aliphatic rings. The average Bonchev–Trinajstić information content (AvgIpc) is 1.12. The summed E-state index contributed by atoms with van der Waals surface area (Å²) in [4.78, 5) is 0. The van der Waals surface area contributed by atoms with Crippen molar-refractivity contribution in [1.82, 2.24) is 0 Å². The molecule has 15 heteroatoms. The van der Waals surface area contributed by atoms with E-state index in [-0.39, 0.29) is 71.3 Å². The molecule has 0 spiro atoms. The molecule has 4 N–H and O–H groups in total. The number of rotatable bonds is 0. The molecule has 0 saturated carbocycles. The number of hydrogen-bond acceptors (Lipinski definition) is 4. The SMILES string of the molecule is Cl.Cl.Cl.Cl.O=S(=O)(O)O.O=S(=O)(O)O.[Ti]. The van der Waals surface area contributed by atoms with Gasteiger partial charge >= 0.3 is 20.8 Å². The fourth-order valence-electron chi connectivity index (χ4n) is 0. The topological polar surface area (TPSA) is 149 Å². The standard InChI is InChI=1S/4ClH.2H2O4S.Ti/c;;;;2*1-5(2,3)4;/h4*1H;2*(H2,1,2,3,4);. The van der Waals surface area contributed by atoms with Crippen LogP contribution >= 0.6 is 49.6 Å². The van der Waals surface area contributed by atoms with Gasteiger partial charge in [0.25, 0.3) is 0 Å². The van der Waals surface area contributed by atoms with Crippen molar-refractivity contribution >= 4 is 70.4 Å². The molecule has 0 fully saturated rings. The first kappa shape index (κ1) is 43.8. The Morgan fingerprint density at radius 1 is 0.533 bits per heavy atom. The third-order valence-corrected chi connectivity index (χ3v) is 0. The van der Waals surface area contributed by atoms with Gasteiger partial charge in [0.05, 0.1) is 0 Å². The van der Waals surface area contributed by atoms with Crippen LogP contribution in [0.2, 0.25) is 0 Å². The Labute approximate surface area is 126 Å². The Balaban J connectivity index is -0.0000000128. The molecule has 0 aromatic heterocycles. The third-order valence-electron chi connectivity index (χ3n) is 0. The van der Waals surface area contributed by atoms with Gasteiger partial charge in [-0.1, -0.05) is 0 Å². The van der Waals surface area contributed by atoms with Crippen molar-refractivity contribution in [3.8, 4) is 0 Å². The predicted octanol–water partition coefficient (Wildman–Crippen LogP) is 0.379. The molecule has 100 valence electrons. The predicted molar refractivity (Wildman–Crippen MR) is 57.3 cm³/mol. The average molecular weight is 390 g/mol.